The highest BCUT2D eigenvalue weighted by Crippen LogP contribution is 2.27. The number of carbonyl (C=O) groups is 1. The highest BCUT2D eigenvalue weighted by molar-refractivity contribution is 5.80. The van der Waals surface area contributed by atoms with E-state index in [0.717, 1.165) is 37.3 Å². The van der Waals surface area contributed by atoms with Crippen molar-refractivity contribution in [3.63, 3.8) is 0 Å². The van der Waals surface area contributed by atoms with Gasteiger partial charge in [0.15, 0.2) is 0 Å². The van der Waals surface area contributed by atoms with Gasteiger partial charge in [0.25, 0.3) is 0 Å². The van der Waals surface area contributed by atoms with E-state index < -0.39 is 0 Å². The quantitative estimate of drug-likeness (QED) is 0.641. The minimum absolute atomic E-state index is 0.0550. The first-order valence-corrected chi connectivity index (χ1v) is 5.42. The van der Waals surface area contributed by atoms with E-state index in [1.165, 1.54) is 0 Å². The zero-order chi connectivity index (χ0) is 10.8. The first kappa shape index (κ1) is 10.0. The van der Waals surface area contributed by atoms with Gasteiger partial charge in [-0.05, 0) is 12.8 Å². The molecule has 2 heterocycles. The number of fused-ring (bicyclic) bond motifs is 1. The van der Waals surface area contributed by atoms with Crippen molar-refractivity contribution >= 4 is 5.91 Å². The van der Waals surface area contributed by atoms with Crippen LogP contribution in [0.4, 0.5) is 0 Å². The van der Waals surface area contributed by atoms with Crippen molar-refractivity contribution in [3.8, 4) is 6.07 Å². The van der Waals surface area contributed by atoms with Crippen molar-refractivity contribution in [1.29, 1.82) is 5.26 Å². The number of nitrogens with zero attached hydrogens (tertiary/aromatic N) is 2. The number of nitrogens with one attached hydrogen (secondary N) is 1. The predicted octanol–water partition coefficient (Wildman–Crippen LogP) is 0.973. The number of nitriles is 1. The van der Waals surface area contributed by atoms with E-state index in [2.05, 4.69) is 11.4 Å². The first-order chi connectivity index (χ1) is 7.24. The van der Waals surface area contributed by atoms with E-state index in [1.54, 1.807) is 4.90 Å². The molecule has 80 valence electrons. The molecule has 0 aromatic carbocycles. The maximum atomic E-state index is 11.8. The number of allylic oxidation sites excluding steroid dienone is 1. The number of hydrogen-bond acceptors (Lipinski definition) is 3. The summed E-state index contributed by atoms with van der Waals surface area (Å²) in [4.78, 5) is 13.5. The van der Waals surface area contributed by atoms with Crippen LogP contribution in [-0.2, 0) is 4.79 Å². The highest BCUT2D eigenvalue weighted by Gasteiger charge is 2.32. The molecule has 0 aromatic heterocycles. The Bertz CT molecular complexity index is 353. The molecule has 0 bridgehead atoms. The van der Waals surface area contributed by atoms with Gasteiger partial charge in [0.1, 0.15) is 5.82 Å². The van der Waals surface area contributed by atoms with Gasteiger partial charge in [-0.2, -0.15) is 5.26 Å². The third-order valence-electron chi connectivity index (χ3n) is 3.02. The van der Waals surface area contributed by atoms with Crippen LogP contribution in [0.2, 0.25) is 0 Å². The summed E-state index contributed by atoms with van der Waals surface area (Å²) in [5, 5.41) is 12.3. The molecule has 0 saturated carbocycles. The van der Waals surface area contributed by atoms with Gasteiger partial charge in [-0.1, -0.05) is 6.92 Å². The Kier molecular flexibility index (Phi) is 2.63. The molecule has 0 radical (unpaired) electrons. The fraction of sp³-hybridized carbons (Fsp3) is 0.636. The van der Waals surface area contributed by atoms with Crippen LogP contribution >= 0.6 is 0 Å². The Morgan fingerprint density at radius 3 is 3.07 bits per heavy atom. The lowest BCUT2D eigenvalue weighted by molar-refractivity contribution is -0.131. The molecule has 15 heavy (non-hydrogen) atoms. The lowest BCUT2D eigenvalue weighted by atomic mass is 9.94. The van der Waals surface area contributed by atoms with Crippen molar-refractivity contribution in [2.45, 2.75) is 26.2 Å². The van der Waals surface area contributed by atoms with Crippen LogP contribution in [0.5, 0.6) is 0 Å². The van der Waals surface area contributed by atoms with E-state index in [1.807, 2.05) is 6.92 Å². The molecule has 0 spiro atoms. The molecule has 4 heteroatoms. The third kappa shape index (κ3) is 1.70. The normalized spacial score (nSPS) is 26.5. The largest absolute Gasteiger partial charge is 0.371 e. The zero-order valence-corrected chi connectivity index (χ0v) is 8.92. The van der Waals surface area contributed by atoms with Gasteiger partial charge in [0.05, 0.1) is 11.6 Å². The maximum absolute atomic E-state index is 11.8. The molecule has 1 amide bonds. The van der Waals surface area contributed by atoms with Crippen LogP contribution in [0.3, 0.4) is 0 Å². The lowest BCUT2D eigenvalue weighted by Crippen LogP contribution is -2.41. The molecule has 1 fully saturated rings. The van der Waals surface area contributed by atoms with Crippen molar-refractivity contribution in [1.82, 2.24) is 10.2 Å². The van der Waals surface area contributed by atoms with Gasteiger partial charge < -0.3 is 5.32 Å². The summed E-state index contributed by atoms with van der Waals surface area (Å²) in [7, 11) is 0. The van der Waals surface area contributed by atoms with Crippen molar-refractivity contribution < 1.29 is 4.79 Å². The molecule has 2 aliphatic heterocycles. The van der Waals surface area contributed by atoms with Gasteiger partial charge in [0, 0.05) is 25.4 Å². The van der Waals surface area contributed by atoms with Crippen molar-refractivity contribution in [3.05, 3.63) is 11.4 Å². The van der Waals surface area contributed by atoms with Crippen LogP contribution in [0.1, 0.15) is 26.2 Å². The number of carbonyl (C=O) groups excluding carboxylic acids is 1. The van der Waals surface area contributed by atoms with E-state index in [9.17, 15) is 4.79 Å². The second-order valence-electron chi connectivity index (χ2n) is 4.16. The second-order valence-corrected chi connectivity index (χ2v) is 4.16. The second kappa shape index (κ2) is 3.93. The fourth-order valence-electron chi connectivity index (χ4n) is 2.17. The Labute approximate surface area is 89.6 Å². The topological polar surface area (TPSA) is 56.1 Å². The van der Waals surface area contributed by atoms with Gasteiger partial charge in [-0.15, -0.1) is 0 Å². The van der Waals surface area contributed by atoms with Gasteiger partial charge in [-0.25, -0.2) is 0 Å². The smallest absolute Gasteiger partial charge is 0.228 e. The molecule has 1 unspecified atom stereocenters. The molecular weight excluding hydrogens is 190 g/mol. The lowest BCUT2D eigenvalue weighted by Gasteiger charge is -2.31. The Morgan fingerprint density at radius 1 is 1.53 bits per heavy atom. The van der Waals surface area contributed by atoms with E-state index in [0.29, 0.717) is 6.42 Å². The van der Waals surface area contributed by atoms with E-state index in [4.69, 9.17) is 5.26 Å². The first-order valence-electron chi connectivity index (χ1n) is 5.42. The van der Waals surface area contributed by atoms with Crippen LogP contribution in [0.25, 0.3) is 0 Å². The van der Waals surface area contributed by atoms with Gasteiger partial charge >= 0.3 is 0 Å². The molecule has 0 aliphatic carbocycles. The summed E-state index contributed by atoms with van der Waals surface area (Å²) in [6.45, 7) is 3.55. The van der Waals surface area contributed by atoms with Crippen LogP contribution < -0.4 is 5.32 Å². The highest BCUT2D eigenvalue weighted by atomic mass is 16.2. The average Bonchev–Trinajstić information content (AvgIpc) is 2.44. The molecule has 2 rings (SSSR count). The van der Waals surface area contributed by atoms with E-state index in [-0.39, 0.29) is 11.8 Å². The summed E-state index contributed by atoms with van der Waals surface area (Å²) in [5.41, 5.74) is 0.733. The molecule has 2 aliphatic rings. The molecule has 1 atom stereocenters. The molecule has 0 aromatic rings. The SMILES string of the molecule is CC1CC(=O)N2CCCCNC2=C1C#N. The standard InChI is InChI=1S/C11H15N3O/c1-8-6-10(15)14-5-3-2-4-13-11(14)9(8)7-12/h8,13H,2-6H2,1H3. The Hall–Kier alpha value is -1.50. The van der Waals surface area contributed by atoms with Crippen LogP contribution in [-0.4, -0.2) is 23.9 Å². The van der Waals surface area contributed by atoms with Crippen molar-refractivity contribution in [2.75, 3.05) is 13.1 Å². The minimum Gasteiger partial charge on any atom is -0.371 e. The van der Waals surface area contributed by atoms with Gasteiger partial charge in [0.2, 0.25) is 5.91 Å². The van der Waals surface area contributed by atoms with Crippen LogP contribution in [0.15, 0.2) is 11.4 Å². The Morgan fingerprint density at radius 2 is 2.33 bits per heavy atom. The predicted molar refractivity (Wildman–Crippen MR) is 55.4 cm³/mol. The van der Waals surface area contributed by atoms with Gasteiger partial charge in [-0.3, -0.25) is 9.69 Å². The summed E-state index contributed by atoms with van der Waals surface area (Å²) < 4.78 is 0. The summed E-state index contributed by atoms with van der Waals surface area (Å²) in [5.74, 6) is 0.962. The van der Waals surface area contributed by atoms with Crippen LogP contribution in [0, 0.1) is 17.2 Å². The monoisotopic (exact) mass is 205 g/mol. The fourth-order valence-corrected chi connectivity index (χ4v) is 2.17. The van der Waals surface area contributed by atoms with Crippen molar-refractivity contribution in [2.24, 2.45) is 5.92 Å². The number of rotatable bonds is 0. The minimum atomic E-state index is 0.0550. The molecule has 4 nitrogen and oxygen atoms in total. The summed E-state index contributed by atoms with van der Waals surface area (Å²) in [6.07, 6.45) is 2.53. The maximum Gasteiger partial charge on any atom is 0.228 e. The molecule has 1 saturated heterocycles. The zero-order valence-electron chi connectivity index (χ0n) is 8.92. The average molecular weight is 205 g/mol. The Balaban J connectivity index is 2.41. The summed E-state index contributed by atoms with van der Waals surface area (Å²) in [6, 6.07) is 2.22. The number of amides is 1. The molecule has 1 N–H and O–H groups in total. The van der Waals surface area contributed by atoms with E-state index >= 15 is 0 Å². The third-order valence-corrected chi connectivity index (χ3v) is 3.02. The summed E-state index contributed by atoms with van der Waals surface area (Å²) >= 11 is 0. The molecular formula is C11H15N3O. The number of hydrogen-bond donors (Lipinski definition) is 1.